The Morgan fingerprint density at radius 3 is 2.48 bits per heavy atom. The van der Waals surface area contributed by atoms with E-state index in [-0.39, 0.29) is 18.5 Å². The number of halogens is 2. The molecule has 0 aliphatic heterocycles. The molecule has 1 aromatic carbocycles. The van der Waals surface area contributed by atoms with Gasteiger partial charge < -0.3 is 10.1 Å². The molecule has 2 rings (SSSR count). The molecular weight excluding hydrogens is 280 g/mol. The van der Waals surface area contributed by atoms with Crippen LogP contribution < -0.4 is 10.1 Å². The van der Waals surface area contributed by atoms with Gasteiger partial charge in [0, 0.05) is 12.6 Å². The normalized spacial score (nSPS) is 11.1. The predicted octanol–water partition coefficient (Wildman–Crippen LogP) is 1.57. The van der Waals surface area contributed by atoms with Gasteiger partial charge in [0.1, 0.15) is 0 Å². The third-order valence-corrected chi connectivity index (χ3v) is 2.67. The lowest BCUT2D eigenvalue weighted by atomic mass is 10.2. The Balaban J connectivity index is 2.06. The molecule has 2 aromatic rings. The van der Waals surface area contributed by atoms with Crippen LogP contribution in [0.3, 0.4) is 0 Å². The Hall–Kier alpha value is -2.09. The Kier molecular flexibility index (Phi) is 4.79. The van der Waals surface area contributed by atoms with Crippen LogP contribution in [0.4, 0.5) is 8.78 Å². The molecule has 114 valence electrons. The number of aryl methyl sites for hydroxylation is 1. The van der Waals surface area contributed by atoms with Gasteiger partial charge in [-0.15, -0.1) is 10.2 Å². The van der Waals surface area contributed by atoms with E-state index in [9.17, 15) is 8.78 Å². The van der Waals surface area contributed by atoms with Gasteiger partial charge in [-0.3, -0.25) is 0 Å². The van der Waals surface area contributed by atoms with Crippen LogP contribution in [0.15, 0.2) is 12.1 Å². The van der Waals surface area contributed by atoms with Crippen LogP contribution >= 0.6 is 0 Å². The SMILES string of the molecule is CC(C)NCc1cc(F)c(OCc2nnn(C)n2)c(F)c1. The largest absolute Gasteiger partial charge is 0.479 e. The number of benzene rings is 1. The van der Waals surface area contributed by atoms with Crippen LogP contribution in [0.5, 0.6) is 5.75 Å². The summed E-state index contributed by atoms with van der Waals surface area (Å²) >= 11 is 0. The predicted molar refractivity (Wildman–Crippen MR) is 71.5 cm³/mol. The third kappa shape index (κ3) is 4.19. The van der Waals surface area contributed by atoms with Crippen LogP contribution in [-0.2, 0) is 20.2 Å². The number of ether oxygens (including phenoxy) is 1. The molecule has 6 nitrogen and oxygen atoms in total. The van der Waals surface area contributed by atoms with Crippen molar-refractivity contribution in [1.82, 2.24) is 25.5 Å². The highest BCUT2D eigenvalue weighted by Gasteiger charge is 2.14. The van der Waals surface area contributed by atoms with E-state index in [2.05, 4.69) is 20.7 Å². The van der Waals surface area contributed by atoms with Gasteiger partial charge in [0.05, 0.1) is 7.05 Å². The van der Waals surface area contributed by atoms with Crippen molar-refractivity contribution in [3.8, 4) is 5.75 Å². The molecule has 0 spiro atoms. The zero-order chi connectivity index (χ0) is 15.4. The van der Waals surface area contributed by atoms with E-state index in [1.54, 1.807) is 7.05 Å². The Morgan fingerprint density at radius 2 is 1.95 bits per heavy atom. The van der Waals surface area contributed by atoms with E-state index in [4.69, 9.17) is 4.74 Å². The molecule has 0 aliphatic carbocycles. The van der Waals surface area contributed by atoms with Crippen molar-refractivity contribution in [1.29, 1.82) is 0 Å². The number of aromatic nitrogens is 4. The number of rotatable bonds is 6. The molecule has 8 heteroatoms. The standard InChI is InChI=1S/C13H17F2N5O/c1-8(2)16-6-9-4-10(14)13(11(15)5-9)21-7-12-17-19-20(3)18-12/h4-5,8,16H,6-7H2,1-3H3. The maximum Gasteiger partial charge on any atom is 0.212 e. The molecule has 1 N–H and O–H groups in total. The minimum atomic E-state index is -0.751. The number of hydrogen-bond acceptors (Lipinski definition) is 5. The summed E-state index contributed by atoms with van der Waals surface area (Å²) in [5.74, 6) is -1.68. The quantitative estimate of drug-likeness (QED) is 0.876. The smallest absolute Gasteiger partial charge is 0.212 e. The molecule has 0 atom stereocenters. The van der Waals surface area contributed by atoms with Crippen molar-refractivity contribution in [3.63, 3.8) is 0 Å². The first-order valence-corrected chi connectivity index (χ1v) is 6.52. The fraction of sp³-hybridized carbons (Fsp3) is 0.462. The van der Waals surface area contributed by atoms with E-state index in [0.717, 1.165) is 0 Å². The Labute approximate surface area is 121 Å². The lowest BCUT2D eigenvalue weighted by molar-refractivity contribution is 0.265. The maximum atomic E-state index is 13.9. The molecule has 0 aliphatic rings. The fourth-order valence-corrected chi connectivity index (χ4v) is 1.69. The van der Waals surface area contributed by atoms with Crippen LogP contribution in [0.2, 0.25) is 0 Å². The van der Waals surface area contributed by atoms with Gasteiger partial charge >= 0.3 is 0 Å². The van der Waals surface area contributed by atoms with Crippen molar-refractivity contribution in [2.45, 2.75) is 33.0 Å². The number of nitrogens with zero attached hydrogens (tertiary/aromatic N) is 4. The summed E-state index contributed by atoms with van der Waals surface area (Å²) in [6.45, 7) is 4.15. The first-order chi connectivity index (χ1) is 9.95. The lowest BCUT2D eigenvalue weighted by Gasteiger charge is -2.11. The summed E-state index contributed by atoms with van der Waals surface area (Å²) < 4.78 is 32.9. The summed E-state index contributed by atoms with van der Waals surface area (Å²) in [5.41, 5.74) is 0.517. The van der Waals surface area contributed by atoms with Gasteiger partial charge in [-0.25, -0.2) is 8.78 Å². The van der Waals surface area contributed by atoms with Crippen molar-refractivity contribution in [2.75, 3.05) is 0 Å². The average Bonchev–Trinajstić information content (AvgIpc) is 2.81. The Bertz CT molecular complexity index is 591. The monoisotopic (exact) mass is 297 g/mol. The van der Waals surface area contributed by atoms with Crippen LogP contribution in [0.25, 0.3) is 0 Å². The summed E-state index contributed by atoms with van der Waals surface area (Å²) in [6, 6.07) is 2.73. The summed E-state index contributed by atoms with van der Waals surface area (Å²) in [7, 11) is 1.59. The van der Waals surface area contributed by atoms with Gasteiger partial charge in [0.25, 0.3) is 0 Å². The molecule has 1 aromatic heterocycles. The number of nitrogens with one attached hydrogen (secondary N) is 1. The molecule has 0 fully saturated rings. The van der Waals surface area contributed by atoms with Gasteiger partial charge in [-0.2, -0.15) is 4.80 Å². The highest BCUT2D eigenvalue weighted by molar-refractivity contribution is 5.31. The first-order valence-electron chi connectivity index (χ1n) is 6.52. The van der Waals surface area contributed by atoms with Gasteiger partial charge in [0.2, 0.25) is 5.82 Å². The molecule has 0 unspecified atom stereocenters. The molecule has 0 saturated heterocycles. The van der Waals surface area contributed by atoms with Gasteiger partial charge in [0.15, 0.2) is 24.0 Å². The highest BCUT2D eigenvalue weighted by Crippen LogP contribution is 2.24. The van der Waals surface area contributed by atoms with Crippen molar-refractivity contribution in [3.05, 3.63) is 35.2 Å². The zero-order valence-corrected chi connectivity index (χ0v) is 12.1. The first kappa shape index (κ1) is 15.3. The minimum Gasteiger partial charge on any atom is -0.479 e. The van der Waals surface area contributed by atoms with E-state index in [0.29, 0.717) is 12.1 Å². The number of tetrazole rings is 1. The second-order valence-corrected chi connectivity index (χ2v) is 4.91. The molecule has 0 bridgehead atoms. The topological polar surface area (TPSA) is 64.9 Å². The molecular formula is C13H17F2N5O. The van der Waals surface area contributed by atoms with E-state index in [1.807, 2.05) is 13.8 Å². The maximum absolute atomic E-state index is 13.9. The minimum absolute atomic E-state index is 0.148. The summed E-state index contributed by atoms with van der Waals surface area (Å²) in [5, 5.41) is 14.2. The second kappa shape index (κ2) is 6.57. The summed E-state index contributed by atoms with van der Waals surface area (Å²) in [4.78, 5) is 1.24. The zero-order valence-electron chi connectivity index (χ0n) is 12.1. The lowest BCUT2D eigenvalue weighted by Crippen LogP contribution is -2.22. The second-order valence-electron chi connectivity index (χ2n) is 4.91. The summed E-state index contributed by atoms with van der Waals surface area (Å²) in [6.07, 6.45) is 0. The van der Waals surface area contributed by atoms with E-state index < -0.39 is 17.4 Å². The van der Waals surface area contributed by atoms with Crippen LogP contribution in [0, 0.1) is 11.6 Å². The average molecular weight is 297 g/mol. The Morgan fingerprint density at radius 1 is 1.29 bits per heavy atom. The van der Waals surface area contributed by atoms with Gasteiger partial charge in [-0.05, 0) is 22.9 Å². The molecule has 0 saturated carbocycles. The van der Waals surface area contributed by atoms with Crippen LogP contribution in [0.1, 0.15) is 25.2 Å². The van der Waals surface area contributed by atoms with Crippen LogP contribution in [-0.4, -0.2) is 26.2 Å². The highest BCUT2D eigenvalue weighted by atomic mass is 19.1. The molecule has 21 heavy (non-hydrogen) atoms. The number of hydrogen-bond donors (Lipinski definition) is 1. The van der Waals surface area contributed by atoms with Crippen molar-refractivity contribution in [2.24, 2.45) is 7.05 Å². The van der Waals surface area contributed by atoms with Crippen molar-refractivity contribution < 1.29 is 13.5 Å². The van der Waals surface area contributed by atoms with Crippen molar-refractivity contribution >= 4 is 0 Å². The molecule has 0 radical (unpaired) electrons. The molecule has 1 heterocycles. The van der Waals surface area contributed by atoms with E-state index >= 15 is 0 Å². The molecule has 0 amide bonds. The van der Waals surface area contributed by atoms with Gasteiger partial charge in [-0.1, -0.05) is 13.8 Å². The fourth-order valence-electron chi connectivity index (χ4n) is 1.69. The van der Waals surface area contributed by atoms with E-state index in [1.165, 1.54) is 16.9 Å². The third-order valence-electron chi connectivity index (χ3n) is 2.67.